The fraction of sp³-hybridized carbons (Fsp3) is 0.176. The third-order valence-corrected chi connectivity index (χ3v) is 3.83. The third kappa shape index (κ3) is 3.05. The maximum Gasteiger partial charge on any atom is 0.340 e. The van der Waals surface area contributed by atoms with Crippen molar-refractivity contribution in [1.29, 1.82) is 0 Å². The summed E-state index contributed by atoms with van der Waals surface area (Å²) in [7, 11) is 1.22. The first-order valence-corrected chi connectivity index (χ1v) is 7.18. The van der Waals surface area contributed by atoms with Crippen LogP contribution in [-0.2, 0) is 14.3 Å². The Kier molecular flexibility index (Phi) is 5.01. The minimum atomic E-state index is -0.666. The van der Waals surface area contributed by atoms with E-state index in [0.717, 1.165) is 0 Å². The zero-order valence-electron chi connectivity index (χ0n) is 12.7. The van der Waals surface area contributed by atoms with E-state index >= 15 is 0 Å². The normalized spacial score (nSPS) is 16.3. The highest BCUT2D eigenvalue weighted by Gasteiger charge is 2.36. The molecule has 0 unspecified atom stereocenters. The second-order valence-corrected chi connectivity index (χ2v) is 5.26. The molecule has 1 aromatic carbocycles. The third-order valence-electron chi connectivity index (χ3n) is 3.50. The molecule has 120 valence electrons. The number of ether oxygens (including phenoxy) is 1. The van der Waals surface area contributed by atoms with E-state index in [1.165, 1.54) is 42.4 Å². The number of esters is 1. The van der Waals surface area contributed by atoms with Gasteiger partial charge in [0.25, 0.3) is 5.91 Å². The summed E-state index contributed by atoms with van der Waals surface area (Å²) in [6.45, 7) is 5.44. The summed E-state index contributed by atoms with van der Waals surface area (Å²) >= 11 is 5.99. The Morgan fingerprint density at radius 1 is 1.48 bits per heavy atom. The van der Waals surface area contributed by atoms with Crippen molar-refractivity contribution >= 4 is 29.6 Å². The van der Waals surface area contributed by atoms with Crippen LogP contribution in [0, 0.1) is 5.82 Å². The van der Waals surface area contributed by atoms with Crippen LogP contribution in [0.5, 0.6) is 0 Å². The largest absolute Gasteiger partial charge is 0.465 e. The van der Waals surface area contributed by atoms with Crippen LogP contribution >= 0.6 is 11.6 Å². The van der Waals surface area contributed by atoms with Crippen LogP contribution in [0.4, 0.5) is 4.39 Å². The number of carbonyl (C=O) groups excluding carboxylic acids is 2. The Bertz CT molecular complexity index is 732. The highest BCUT2D eigenvalue weighted by Crippen LogP contribution is 2.33. The number of amides is 1. The van der Waals surface area contributed by atoms with Crippen molar-refractivity contribution < 1.29 is 18.7 Å². The number of carbonyl (C=O) groups is 2. The molecule has 1 heterocycles. The Morgan fingerprint density at radius 3 is 2.74 bits per heavy atom. The van der Waals surface area contributed by atoms with Crippen LogP contribution in [0.3, 0.4) is 0 Å². The minimum Gasteiger partial charge on any atom is -0.465 e. The van der Waals surface area contributed by atoms with Crippen LogP contribution in [0.1, 0.15) is 12.5 Å². The molecule has 0 atom stereocenters. The second kappa shape index (κ2) is 6.79. The average molecular weight is 336 g/mol. The average Bonchev–Trinajstić information content (AvgIpc) is 2.75. The van der Waals surface area contributed by atoms with E-state index in [9.17, 15) is 14.0 Å². The predicted octanol–water partition coefficient (Wildman–Crippen LogP) is 3.34. The molecule has 23 heavy (non-hydrogen) atoms. The molecule has 0 saturated carbocycles. The molecule has 1 amide bonds. The molecule has 2 rings (SSSR count). The lowest BCUT2D eigenvalue weighted by Crippen LogP contribution is -2.25. The van der Waals surface area contributed by atoms with Gasteiger partial charge in [-0.1, -0.05) is 23.7 Å². The minimum absolute atomic E-state index is 0.0446. The first kappa shape index (κ1) is 17.0. The van der Waals surface area contributed by atoms with Crippen LogP contribution in [0.25, 0.3) is 6.08 Å². The van der Waals surface area contributed by atoms with Gasteiger partial charge in [0.05, 0.1) is 23.3 Å². The molecule has 6 heteroatoms. The first-order valence-electron chi connectivity index (χ1n) is 6.80. The Labute approximate surface area is 138 Å². The number of hydrogen-bond acceptors (Lipinski definition) is 3. The van der Waals surface area contributed by atoms with Gasteiger partial charge in [-0.25, -0.2) is 9.18 Å². The van der Waals surface area contributed by atoms with Crippen molar-refractivity contribution in [3.8, 4) is 0 Å². The summed E-state index contributed by atoms with van der Waals surface area (Å²) in [5, 5.41) is 0.148. The predicted molar refractivity (Wildman–Crippen MR) is 86.0 cm³/mol. The first-order chi connectivity index (χ1) is 10.9. The van der Waals surface area contributed by atoms with Gasteiger partial charge in [-0.3, -0.25) is 4.79 Å². The van der Waals surface area contributed by atoms with Crippen molar-refractivity contribution in [3.63, 3.8) is 0 Å². The van der Waals surface area contributed by atoms with E-state index in [1.54, 1.807) is 6.92 Å². The van der Waals surface area contributed by atoms with Crippen LogP contribution in [-0.4, -0.2) is 30.4 Å². The lowest BCUT2D eigenvalue weighted by molar-refractivity contribution is -0.136. The van der Waals surface area contributed by atoms with Gasteiger partial charge in [0.2, 0.25) is 0 Å². The lowest BCUT2D eigenvalue weighted by atomic mass is 10.0. The molecule has 0 spiro atoms. The van der Waals surface area contributed by atoms with E-state index in [4.69, 9.17) is 16.3 Å². The number of hydrogen-bond donors (Lipinski definition) is 0. The Morgan fingerprint density at radius 2 is 2.17 bits per heavy atom. The highest BCUT2D eigenvalue weighted by atomic mass is 35.5. The number of halogens is 2. The van der Waals surface area contributed by atoms with E-state index < -0.39 is 17.7 Å². The number of methoxy groups -OCH3 is 1. The molecule has 0 bridgehead atoms. The van der Waals surface area contributed by atoms with Crippen molar-refractivity contribution in [2.75, 3.05) is 13.7 Å². The maximum absolute atomic E-state index is 14.0. The SMILES string of the molecule is C=CCN1C(=O)/C(=C\c2c(F)cccc2Cl)C(C(=O)OC)=C1C. The maximum atomic E-state index is 14.0. The van der Waals surface area contributed by atoms with E-state index in [-0.39, 0.29) is 28.3 Å². The molecular weight excluding hydrogens is 321 g/mol. The van der Waals surface area contributed by atoms with Crippen LogP contribution < -0.4 is 0 Å². The van der Waals surface area contributed by atoms with Crippen molar-refractivity contribution in [2.24, 2.45) is 0 Å². The molecule has 0 saturated heterocycles. The summed E-state index contributed by atoms with van der Waals surface area (Å²) in [6, 6.07) is 4.20. The fourth-order valence-corrected chi connectivity index (χ4v) is 2.59. The fourth-order valence-electron chi connectivity index (χ4n) is 2.37. The monoisotopic (exact) mass is 335 g/mol. The summed E-state index contributed by atoms with van der Waals surface area (Å²) in [4.78, 5) is 26.0. The number of nitrogens with zero attached hydrogens (tertiary/aromatic N) is 1. The van der Waals surface area contributed by atoms with Crippen molar-refractivity contribution in [2.45, 2.75) is 6.92 Å². The van der Waals surface area contributed by atoms with E-state index in [1.807, 2.05) is 0 Å². The van der Waals surface area contributed by atoms with E-state index in [0.29, 0.717) is 5.70 Å². The second-order valence-electron chi connectivity index (χ2n) is 4.85. The van der Waals surface area contributed by atoms with Gasteiger partial charge in [-0.15, -0.1) is 6.58 Å². The van der Waals surface area contributed by atoms with Gasteiger partial charge in [-0.2, -0.15) is 0 Å². The van der Waals surface area contributed by atoms with Gasteiger partial charge < -0.3 is 9.64 Å². The van der Waals surface area contributed by atoms with Gasteiger partial charge in [0.1, 0.15) is 5.82 Å². The quantitative estimate of drug-likeness (QED) is 0.481. The van der Waals surface area contributed by atoms with Gasteiger partial charge >= 0.3 is 5.97 Å². The summed E-state index contributed by atoms with van der Waals surface area (Å²) < 4.78 is 18.7. The highest BCUT2D eigenvalue weighted by molar-refractivity contribution is 6.32. The van der Waals surface area contributed by atoms with Crippen LogP contribution in [0.2, 0.25) is 5.02 Å². The summed E-state index contributed by atoms with van der Waals surface area (Å²) in [5.74, 6) is -1.68. The van der Waals surface area contributed by atoms with Gasteiger partial charge in [0, 0.05) is 17.8 Å². The summed E-state index contributed by atoms with van der Waals surface area (Å²) in [5.41, 5.74) is 0.620. The molecule has 0 aliphatic carbocycles. The van der Waals surface area contributed by atoms with Crippen molar-refractivity contribution in [3.05, 3.63) is 64.1 Å². The molecule has 4 nitrogen and oxygen atoms in total. The molecule has 0 fully saturated rings. The smallest absolute Gasteiger partial charge is 0.340 e. The summed E-state index contributed by atoms with van der Waals surface area (Å²) in [6.07, 6.45) is 2.81. The van der Waals surface area contributed by atoms with Gasteiger partial charge in [-0.05, 0) is 25.1 Å². The number of allylic oxidation sites excluding steroid dienone is 1. The Hall–Kier alpha value is -2.40. The van der Waals surface area contributed by atoms with Gasteiger partial charge in [0.15, 0.2) is 0 Å². The lowest BCUT2D eigenvalue weighted by Gasteiger charge is -2.14. The molecule has 1 aliphatic rings. The molecule has 0 radical (unpaired) electrons. The standard InChI is InChI=1S/C17H15ClFNO3/c1-4-8-20-10(2)15(17(22)23-3)12(16(20)21)9-11-13(18)6-5-7-14(11)19/h4-7,9H,1,8H2,2-3H3/b12-9-. The van der Waals surface area contributed by atoms with Crippen LogP contribution in [0.15, 0.2) is 47.7 Å². The molecule has 1 aliphatic heterocycles. The van der Waals surface area contributed by atoms with E-state index in [2.05, 4.69) is 6.58 Å². The topological polar surface area (TPSA) is 46.6 Å². The molecule has 1 aromatic rings. The molecule has 0 aromatic heterocycles. The molecular formula is C17H15ClFNO3. The Balaban J connectivity index is 2.63. The molecule has 0 N–H and O–H groups in total. The number of benzene rings is 1. The zero-order valence-corrected chi connectivity index (χ0v) is 13.5. The van der Waals surface area contributed by atoms with Crippen molar-refractivity contribution in [1.82, 2.24) is 4.90 Å². The number of rotatable bonds is 4. The zero-order chi connectivity index (χ0) is 17.1.